The van der Waals surface area contributed by atoms with Crippen molar-refractivity contribution in [1.82, 2.24) is 0 Å². The Labute approximate surface area is 85.9 Å². The molecule has 0 atom stereocenters. The van der Waals surface area contributed by atoms with Crippen molar-refractivity contribution in [2.75, 3.05) is 5.73 Å². The minimum atomic E-state index is -0.220. The van der Waals surface area contributed by atoms with Gasteiger partial charge in [0, 0.05) is 12.3 Å². The van der Waals surface area contributed by atoms with Crippen LogP contribution < -0.4 is 5.73 Å². The van der Waals surface area contributed by atoms with Gasteiger partial charge in [0.1, 0.15) is 5.58 Å². The normalized spacial score (nSPS) is 10.1. The summed E-state index contributed by atoms with van der Waals surface area (Å²) in [5, 5.41) is 9.33. The third kappa shape index (κ3) is 1.34. The molecule has 1 aromatic heterocycles. The number of nitriles is 1. The number of benzene rings is 1. The Morgan fingerprint density at radius 3 is 2.87 bits per heavy atom. The number of fused-ring (bicyclic) bond motifs is 1. The number of ketones is 1. The van der Waals surface area contributed by atoms with E-state index >= 15 is 0 Å². The lowest BCUT2D eigenvalue weighted by atomic mass is 10.1. The van der Waals surface area contributed by atoms with Crippen LogP contribution in [0, 0.1) is 11.3 Å². The molecular weight excluding hydrogens is 192 g/mol. The van der Waals surface area contributed by atoms with E-state index in [0.29, 0.717) is 22.2 Å². The fraction of sp³-hybridized carbons (Fsp3) is 0.0909. The van der Waals surface area contributed by atoms with Crippen molar-refractivity contribution in [3.8, 4) is 6.07 Å². The van der Waals surface area contributed by atoms with Gasteiger partial charge in [-0.05, 0) is 18.2 Å². The Hall–Kier alpha value is -2.28. The second kappa shape index (κ2) is 3.14. The molecule has 4 heteroatoms. The molecule has 74 valence electrons. The number of anilines is 1. The number of nitrogens with zero attached hydrogens (tertiary/aromatic N) is 1. The second-order valence-corrected chi connectivity index (χ2v) is 3.22. The van der Waals surface area contributed by atoms with Crippen LogP contribution in [0.2, 0.25) is 0 Å². The number of nitrogen functional groups attached to an aromatic ring is 1. The molecule has 0 amide bonds. The summed E-state index contributed by atoms with van der Waals surface area (Å²) >= 11 is 0. The molecule has 2 N–H and O–H groups in total. The van der Waals surface area contributed by atoms with E-state index < -0.39 is 0 Å². The molecule has 1 heterocycles. The summed E-state index contributed by atoms with van der Waals surface area (Å²) in [6, 6.07) is 6.87. The van der Waals surface area contributed by atoms with Crippen molar-refractivity contribution >= 4 is 22.4 Å². The third-order valence-corrected chi connectivity index (χ3v) is 2.18. The number of rotatable bonds is 1. The first-order valence-corrected chi connectivity index (χ1v) is 4.36. The van der Waals surface area contributed by atoms with E-state index in [2.05, 4.69) is 0 Å². The van der Waals surface area contributed by atoms with Gasteiger partial charge in [-0.15, -0.1) is 0 Å². The molecule has 2 rings (SSSR count). The number of hydrogen-bond donors (Lipinski definition) is 1. The van der Waals surface area contributed by atoms with E-state index in [4.69, 9.17) is 15.4 Å². The Bertz CT molecular complexity index is 590. The van der Waals surface area contributed by atoms with Gasteiger partial charge in [-0.2, -0.15) is 5.26 Å². The molecular formula is C11H8N2O2. The smallest absolute Gasteiger partial charge is 0.197 e. The van der Waals surface area contributed by atoms with Crippen molar-refractivity contribution in [3.05, 3.63) is 29.5 Å². The first-order valence-electron chi connectivity index (χ1n) is 4.36. The van der Waals surface area contributed by atoms with E-state index in [0.717, 1.165) is 0 Å². The van der Waals surface area contributed by atoms with Crippen LogP contribution in [0.3, 0.4) is 0 Å². The highest BCUT2D eigenvalue weighted by molar-refractivity contribution is 6.05. The lowest BCUT2D eigenvalue weighted by Gasteiger charge is -1.90. The first-order chi connectivity index (χ1) is 7.13. The SMILES string of the molecule is CC(=O)c1oc2ccc(C#N)cc2c1N. The molecule has 0 spiro atoms. The zero-order valence-electron chi connectivity index (χ0n) is 8.07. The molecule has 0 aliphatic heterocycles. The second-order valence-electron chi connectivity index (χ2n) is 3.22. The summed E-state index contributed by atoms with van der Waals surface area (Å²) in [6.07, 6.45) is 0. The molecule has 0 bridgehead atoms. The molecule has 0 saturated heterocycles. The number of furan rings is 1. The zero-order chi connectivity index (χ0) is 11.0. The van der Waals surface area contributed by atoms with Gasteiger partial charge >= 0.3 is 0 Å². The highest BCUT2D eigenvalue weighted by atomic mass is 16.3. The van der Waals surface area contributed by atoms with Crippen LogP contribution in [0.15, 0.2) is 22.6 Å². The summed E-state index contributed by atoms with van der Waals surface area (Å²) in [4.78, 5) is 11.2. The van der Waals surface area contributed by atoms with E-state index in [1.165, 1.54) is 6.92 Å². The molecule has 0 unspecified atom stereocenters. The maximum Gasteiger partial charge on any atom is 0.197 e. The van der Waals surface area contributed by atoms with Crippen LogP contribution in [0.1, 0.15) is 23.0 Å². The molecule has 1 aromatic carbocycles. The third-order valence-electron chi connectivity index (χ3n) is 2.18. The first kappa shape index (κ1) is 9.28. The summed E-state index contributed by atoms with van der Waals surface area (Å²) in [6.45, 7) is 1.39. The number of nitrogens with two attached hydrogens (primary N) is 1. The van der Waals surface area contributed by atoms with Crippen LogP contribution in [-0.2, 0) is 0 Å². The van der Waals surface area contributed by atoms with Crippen molar-refractivity contribution in [2.45, 2.75) is 6.92 Å². The fourth-order valence-electron chi connectivity index (χ4n) is 1.45. The quantitative estimate of drug-likeness (QED) is 0.714. The van der Waals surface area contributed by atoms with E-state index in [9.17, 15) is 4.79 Å². The van der Waals surface area contributed by atoms with Gasteiger partial charge in [-0.1, -0.05) is 0 Å². The Morgan fingerprint density at radius 2 is 2.27 bits per heavy atom. The molecule has 0 aliphatic rings. The van der Waals surface area contributed by atoms with Crippen molar-refractivity contribution in [1.29, 1.82) is 5.26 Å². The number of hydrogen-bond acceptors (Lipinski definition) is 4. The Morgan fingerprint density at radius 1 is 1.53 bits per heavy atom. The highest BCUT2D eigenvalue weighted by Gasteiger charge is 2.14. The summed E-state index contributed by atoms with van der Waals surface area (Å²) < 4.78 is 5.28. The predicted octanol–water partition coefficient (Wildman–Crippen LogP) is 2.09. The van der Waals surface area contributed by atoms with E-state index in [1.54, 1.807) is 18.2 Å². The van der Waals surface area contributed by atoms with Gasteiger partial charge < -0.3 is 10.2 Å². The summed E-state index contributed by atoms with van der Waals surface area (Å²) in [5.74, 6) is -0.0673. The standard InChI is InChI=1S/C11H8N2O2/c1-6(14)11-10(13)8-4-7(5-12)2-3-9(8)15-11/h2-4H,13H2,1H3. The average molecular weight is 200 g/mol. The lowest BCUT2D eigenvalue weighted by Crippen LogP contribution is -1.94. The molecule has 2 aromatic rings. The highest BCUT2D eigenvalue weighted by Crippen LogP contribution is 2.29. The van der Waals surface area contributed by atoms with Gasteiger partial charge in [0.2, 0.25) is 0 Å². The van der Waals surface area contributed by atoms with Gasteiger partial charge in [0.05, 0.1) is 17.3 Å². The molecule has 0 radical (unpaired) electrons. The number of carbonyl (C=O) groups excluding carboxylic acids is 1. The minimum Gasteiger partial charge on any atom is -0.451 e. The Kier molecular flexibility index (Phi) is 1.94. The zero-order valence-corrected chi connectivity index (χ0v) is 8.07. The van der Waals surface area contributed by atoms with Crippen LogP contribution in [0.4, 0.5) is 5.69 Å². The molecule has 4 nitrogen and oxygen atoms in total. The maximum atomic E-state index is 11.2. The summed E-state index contributed by atoms with van der Waals surface area (Å²) in [5.41, 5.74) is 7.06. The average Bonchev–Trinajstić information content (AvgIpc) is 2.56. The predicted molar refractivity (Wildman–Crippen MR) is 55.3 cm³/mol. The molecule has 0 saturated carbocycles. The van der Waals surface area contributed by atoms with Crippen LogP contribution in [0.5, 0.6) is 0 Å². The maximum absolute atomic E-state index is 11.2. The molecule has 15 heavy (non-hydrogen) atoms. The number of Topliss-reactive ketones (excluding diaryl/α,β-unsaturated/α-hetero) is 1. The largest absolute Gasteiger partial charge is 0.451 e. The Balaban J connectivity index is 2.79. The van der Waals surface area contributed by atoms with E-state index in [-0.39, 0.29) is 11.5 Å². The van der Waals surface area contributed by atoms with Crippen molar-refractivity contribution < 1.29 is 9.21 Å². The van der Waals surface area contributed by atoms with Gasteiger partial charge in [-0.25, -0.2) is 0 Å². The molecule has 0 aliphatic carbocycles. The van der Waals surface area contributed by atoms with Crippen LogP contribution in [-0.4, -0.2) is 5.78 Å². The van der Waals surface area contributed by atoms with Gasteiger partial charge in [0.15, 0.2) is 11.5 Å². The van der Waals surface area contributed by atoms with E-state index in [1.807, 2.05) is 6.07 Å². The van der Waals surface area contributed by atoms with Crippen LogP contribution in [0.25, 0.3) is 11.0 Å². The lowest BCUT2D eigenvalue weighted by molar-refractivity contribution is 0.0990. The summed E-state index contributed by atoms with van der Waals surface area (Å²) in [7, 11) is 0. The van der Waals surface area contributed by atoms with Crippen LogP contribution >= 0.6 is 0 Å². The van der Waals surface area contributed by atoms with Gasteiger partial charge in [-0.3, -0.25) is 4.79 Å². The van der Waals surface area contributed by atoms with Gasteiger partial charge in [0.25, 0.3) is 0 Å². The molecule has 0 fully saturated rings. The van der Waals surface area contributed by atoms with Crippen molar-refractivity contribution in [3.63, 3.8) is 0 Å². The van der Waals surface area contributed by atoms with Crippen molar-refractivity contribution in [2.24, 2.45) is 0 Å². The monoisotopic (exact) mass is 200 g/mol. The fourth-order valence-corrected chi connectivity index (χ4v) is 1.45. The minimum absolute atomic E-state index is 0.153. The topological polar surface area (TPSA) is 80.0 Å². The number of carbonyl (C=O) groups is 1.